The van der Waals surface area contributed by atoms with Gasteiger partial charge >= 0.3 is 12.1 Å². The zero-order valence-corrected chi connectivity index (χ0v) is 19.0. The summed E-state index contributed by atoms with van der Waals surface area (Å²) in [5.74, 6) is -2.11. The third-order valence-electron chi connectivity index (χ3n) is 5.55. The number of hydrogen-bond donors (Lipinski definition) is 2. The van der Waals surface area contributed by atoms with Crippen molar-refractivity contribution in [1.82, 2.24) is 14.5 Å². The maximum Gasteiger partial charge on any atom is 0.416 e. The van der Waals surface area contributed by atoms with E-state index in [1.807, 2.05) is 0 Å². The number of aliphatic carboxylic acids is 1. The fourth-order valence-electron chi connectivity index (χ4n) is 3.68. The average molecular weight is 508 g/mol. The first-order valence-corrected chi connectivity index (χ1v) is 10.9. The van der Waals surface area contributed by atoms with E-state index in [0.29, 0.717) is 16.7 Å². The second-order valence-electron chi connectivity index (χ2n) is 8.06. The molecule has 8 nitrogen and oxygen atoms in total. The van der Waals surface area contributed by atoms with Crippen LogP contribution in [0.5, 0.6) is 0 Å². The smallest absolute Gasteiger partial charge is 0.416 e. The summed E-state index contributed by atoms with van der Waals surface area (Å²) in [5.41, 5.74) is -0.637. The Kier molecular flexibility index (Phi) is 7.14. The number of carbonyl (C=O) groups excluding carboxylic acids is 1. The summed E-state index contributed by atoms with van der Waals surface area (Å²) < 4.78 is 39.6. The van der Waals surface area contributed by atoms with Crippen molar-refractivity contribution in [1.29, 1.82) is 0 Å². The average Bonchev–Trinajstić information content (AvgIpc) is 2.89. The number of alkyl halides is 3. The summed E-state index contributed by atoms with van der Waals surface area (Å²) >= 11 is 0. The fraction of sp³-hybridized carbons (Fsp3) is 0.115. The highest BCUT2D eigenvalue weighted by Gasteiger charge is 2.30. The molecule has 37 heavy (non-hydrogen) atoms. The summed E-state index contributed by atoms with van der Waals surface area (Å²) in [6, 6.07) is 12.2. The third-order valence-corrected chi connectivity index (χ3v) is 5.55. The number of rotatable bonds is 7. The van der Waals surface area contributed by atoms with E-state index in [9.17, 15) is 32.7 Å². The molecular weight excluding hydrogens is 489 g/mol. The Morgan fingerprint density at radius 3 is 2.22 bits per heavy atom. The topological polar surface area (TPSA) is 114 Å². The molecule has 0 bridgehead atoms. The van der Waals surface area contributed by atoms with Crippen molar-refractivity contribution in [3.8, 4) is 11.1 Å². The molecule has 0 spiro atoms. The zero-order valence-electron chi connectivity index (χ0n) is 19.0. The first kappa shape index (κ1) is 25.3. The van der Waals surface area contributed by atoms with Crippen LogP contribution >= 0.6 is 0 Å². The maximum atomic E-state index is 13.3. The van der Waals surface area contributed by atoms with Gasteiger partial charge in [0.25, 0.3) is 11.5 Å². The number of benzene rings is 2. The number of hydrogen-bond acceptors (Lipinski definition) is 5. The van der Waals surface area contributed by atoms with Crippen molar-refractivity contribution in [2.75, 3.05) is 5.32 Å². The van der Waals surface area contributed by atoms with Crippen LogP contribution in [0.4, 0.5) is 18.9 Å². The van der Waals surface area contributed by atoms with Gasteiger partial charge in [-0.1, -0.05) is 30.3 Å². The maximum absolute atomic E-state index is 13.3. The summed E-state index contributed by atoms with van der Waals surface area (Å²) in [7, 11) is 0. The predicted octanol–water partition coefficient (Wildman–Crippen LogP) is 4.44. The van der Waals surface area contributed by atoms with Crippen LogP contribution in [0.3, 0.4) is 0 Å². The molecule has 4 rings (SSSR count). The quantitative estimate of drug-likeness (QED) is 0.382. The van der Waals surface area contributed by atoms with Gasteiger partial charge in [-0.05, 0) is 35.9 Å². The number of carboxylic acid groups (broad SMARTS) is 1. The van der Waals surface area contributed by atoms with E-state index < -0.39 is 35.2 Å². The molecule has 0 aliphatic heterocycles. The van der Waals surface area contributed by atoms with E-state index in [1.54, 1.807) is 30.3 Å². The lowest BCUT2D eigenvalue weighted by Crippen LogP contribution is -2.33. The monoisotopic (exact) mass is 508 g/mol. The zero-order chi connectivity index (χ0) is 26.6. The van der Waals surface area contributed by atoms with Crippen LogP contribution in [0.2, 0.25) is 0 Å². The van der Waals surface area contributed by atoms with E-state index in [2.05, 4.69) is 15.3 Å². The van der Waals surface area contributed by atoms with E-state index in [1.165, 1.54) is 31.0 Å². The minimum atomic E-state index is -4.57. The van der Waals surface area contributed by atoms with E-state index in [0.717, 1.165) is 28.8 Å². The number of carbonyl (C=O) groups is 2. The third kappa shape index (κ3) is 5.89. The van der Waals surface area contributed by atoms with Crippen molar-refractivity contribution in [3.05, 3.63) is 113 Å². The van der Waals surface area contributed by atoms with Gasteiger partial charge in [-0.25, -0.2) is 14.8 Å². The van der Waals surface area contributed by atoms with Gasteiger partial charge in [0.05, 0.1) is 5.56 Å². The van der Waals surface area contributed by atoms with Gasteiger partial charge in [0.15, 0.2) is 0 Å². The van der Waals surface area contributed by atoms with Crippen LogP contribution in [0.15, 0.2) is 90.4 Å². The molecule has 2 N–H and O–H groups in total. The predicted molar refractivity (Wildman–Crippen MR) is 128 cm³/mol. The highest BCUT2D eigenvalue weighted by atomic mass is 19.4. The van der Waals surface area contributed by atoms with Crippen LogP contribution < -0.4 is 10.9 Å². The highest BCUT2D eigenvalue weighted by molar-refractivity contribution is 6.04. The molecule has 0 unspecified atom stereocenters. The SMILES string of the molecule is O=C(Nc1cc(-c2cncnc2)cn([C@@H](Cc2ccccc2)C(=O)O)c1=O)c1ccc(C(F)(F)F)cc1. The molecule has 0 radical (unpaired) electrons. The van der Waals surface area contributed by atoms with Crippen molar-refractivity contribution >= 4 is 17.6 Å². The molecule has 1 amide bonds. The number of pyridine rings is 1. The lowest BCUT2D eigenvalue weighted by atomic mass is 10.0. The molecule has 188 valence electrons. The van der Waals surface area contributed by atoms with Crippen molar-refractivity contribution < 1.29 is 27.9 Å². The van der Waals surface area contributed by atoms with Gasteiger partial charge in [0.1, 0.15) is 18.1 Å². The van der Waals surface area contributed by atoms with Gasteiger partial charge < -0.3 is 10.4 Å². The summed E-state index contributed by atoms with van der Waals surface area (Å²) in [6.45, 7) is 0. The molecule has 2 aromatic heterocycles. The number of halogens is 3. The summed E-state index contributed by atoms with van der Waals surface area (Å²) in [6.07, 6.45) is 0.951. The Balaban J connectivity index is 1.76. The van der Waals surface area contributed by atoms with E-state index >= 15 is 0 Å². The van der Waals surface area contributed by atoms with Crippen molar-refractivity contribution in [2.24, 2.45) is 0 Å². The summed E-state index contributed by atoms with van der Waals surface area (Å²) in [4.78, 5) is 46.2. The molecule has 0 saturated carbocycles. The second-order valence-corrected chi connectivity index (χ2v) is 8.06. The lowest BCUT2D eigenvalue weighted by molar-refractivity contribution is -0.141. The molecule has 11 heteroatoms. The molecule has 1 atom stereocenters. The molecule has 4 aromatic rings. The Morgan fingerprint density at radius 1 is 0.973 bits per heavy atom. The molecule has 0 aliphatic carbocycles. The van der Waals surface area contributed by atoms with Gasteiger partial charge in [-0.2, -0.15) is 13.2 Å². The van der Waals surface area contributed by atoms with Crippen LogP contribution in [-0.2, 0) is 17.4 Å². The standard InChI is InChI=1S/C26H19F3N4O4/c27-26(28,29)20-8-6-17(7-9-20)23(34)32-21-11-18(19-12-30-15-31-13-19)14-33(24(21)35)22(25(36)37)10-16-4-2-1-3-5-16/h1-9,11-15,22H,10H2,(H,32,34)(H,36,37)/t22-/m0/s1. The number of amides is 1. The number of carboxylic acids is 1. The van der Waals surface area contributed by atoms with Gasteiger partial charge in [0, 0.05) is 41.7 Å². The highest BCUT2D eigenvalue weighted by Crippen LogP contribution is 2.29. The van der Waals surface area contributed by atoms with E-state index in [-0.39, 0.29) is 17.7 Å². The number of nitrogens with one attached hydrogen (secondary N) is 1. The molecular formula is C26H19F3N4O4. The Labute approximate surface area is 208 Å². The Morgan fingerprint density at radius 2 is 1.62 bits per heavy atom. The van der Waals surface area contributed by atoms with Crippen LogP contribution in [0.25, 0.3) is 11.1 Å². The molecule has 2 heterocycles. The van der Waals surface area contributed by atoms with Crippen molar-refractivity contribution in [3.63, 3.8) is 0 Å². The number of anilines is 1. The van der Waals surface area contributed by atoms with Gasteiger partial charge in [-0.3, -0.25) is 14.2 Å². The largest absolute Gasteiger partial charge is 0.480 e. The first-order valence-electron chi connectivity index (χ1n) is 10.9. The van der Waals surface area contributed by atoms with Crippen LogP contribution in [0.1, 0.15) is 27.5 Å². The second kappa shape index (κ2) is 10.4. The number of aromatic nitrogens is 3. The summed E-state index contributed by atoms with van der Waals surface area (Å²) in [5, 5.41) is 12.4. The molecule has 0 fully saturated rings. The molecule has 0 aliphatic rings. The Hall–Kier alpha value is -4.80. The molecule has 2 aromatic carbocycles. The fourth-order valence-corrected chi connectivity index (χ4v) is 3.68. The normalized spacial score (nSPS) is 12.1. The van der Waals surface area contributed by atoms with Crippen molar-refractivity contribution in [2.45, 2.75) is 18.6 Å². The van der Waals surface area contributed by atoms with Crippen LogP contribution in [-0.4, -0.2) is 31.5 Å². The van der Waals surface area contributed by atoms with Gasteiger partial charge in [0.2, 0.25) is 0 Å². The Bertz CT molecular complexity index is 1470. The molecule has 0 saturated heterocycles. The minimum absolute atomic E-state index is 0.0168. The van der Waals surface area contributed by atoms with Crippen LogP contribution in [0, 0.1) is 0 Å². The first-order chi connectivity index (χ1) is 17.6. The van der Waals surface area contributed by atoms with E-state index in [4.69, 9.17) is 0 Å². The minimum Gasteiger partial charge on any atom is -0.480 e. The lowest BCUT2D eigenvalue weighted by Gasteiger charge is -2.19. The van der Waals surface area contributed by atoms with Gasteiger partial charge in [-0.15, -0.1) is 0 Å². The number of nitrogens with zero attached hydrogens (tertiary/aromatic N) is 3.